The lowest BCUT2D eigenvalue weighted by molar-refractivity contribution is -0.818. The van der Waals surface area contributed by atoms with Crippen LogP contribution in [-0.4, -0.2) is 20.6 Å². The van der Waals surface area contributed by atoms with E-state index in [9.17, 15) is 0 Å². The second kappa shape index (κ2) is 11.6. The summed E-state index contributed by atoms with van der Waals surface area (Å²) in [5.74, 6) is 1.85. The van der Waals surface area contributed by atoms with Crippen LogP contribution in [-0.2, 0) is 0 Å². The molecule has 0 spiro atoms. The fourth-order valence-corrected chi connectivity index (χ4v) is 5.80. The van der Waals surface area contributed by atoms with Crippen molar-refractivity contribution in [1.29, 1.82) is 0 Å². The van der Waals surface area contributed by atoms with Gasteiger partial charge in [-0.15, -0.1) is 0 Å². The van der Waals surface area contributed by atoms with Crippen molar-refractivity contribution in [3.8, 4) is 16.9 Å². The van der Waals surface area contributed by atoms with Crippen LogP contribution >= 0.6 is 0 Å². The van der Waals surface area contributed by atoms with Gasteiger partial charge < -0.3 is 14.5 Å². The van der Waals surface area contributed by atoms with E-state index in [1.807, 2.05) is 13.8 Å². The highest BCUT2D eigenvalue weighted by Crippen LogP contribution is 2.47. The van der Waals surface area contributed by atoms with Crippen molar-refractivity contribution in [3.05, 3.63) is 144 Å². The summed E-state index contributed by atoms with van der Waals surface area (Å²) < 4.78 is 6.70. The van der Waals surface area contributed by atoms with Crippen LogP contribution < -0.4 is 19.4 Å². The zero-order valence-corrected chi connectivity index (χ0v) is 24.4. The monoisotopic (exact) mass is 541 g/mol. The Labute approximate surface area is 244 Å². The van der Waals surface area contributed by atoms with Gasteiger partial charge in [0.05, 0.1) is 37.9 Å². The quantitative estimate of drug-likeness (QED) is 0.411. The van der Waals surface area contributed by atoms with Gasteiger partial charge in [-0.2, -0.15) is 0 Å². The van der Waals surface area contributed by atoms with E-state index in [4.69, 9.17) is 4.74 Å². The summed E-state index contributed by atoms with van der Waals surface area (Å²) in [4.78, 5) is 5.08. The van der Waals surface area contributed by atoms with Crippen molar-refractivity contribution in [1.82, 2.24) is 0 Å². The van der Waals surface area contributed by atoms with E-state index in [1.54, 1.807) is 0 Å². The summed E-state index contributed by atoms with van der Waals surface area (Å²) in [5, 5.41) is 0. The lowest BCUT2D eigenvalue weighted by atomic mass is 9.91. The number of quaternary nitrogens is 2. The third-order valence-electron chi connectivity index (χ3n) is 7.95. The van der Waals surface area contributed by atoms with Gasteiger partial charge in [0.15, 0.2) is 5.75 Å². The van der Waals surface area contributed by atoms with Crippen LogP contribution in [0, 0.1) is 0 Å². The van der Waals surface area contributed by atoms with Gasteiger partial charge in [-0.3, -0.25) is 4.90 Å². The van der Waals surface area contributed by atoms with Crippen molar-refractivity contribution in [3.63, 3.8) is 0 Å². The Morgan fingerprint density at radius 1 is 0.756 bits per heavy atom. The van der Waals surface area contributed by atoms with Gasteiger partial charge in [0, 0.05) is 17.3 Å². The number of allylic oxidation sites excluding steroid dienone is 7. The van der Waals surface area contributed by atoms with E-state index in [0.717, 1.165) is 42.3 Å². The van der Waals surface area contributed by atoms with Gasteiger partial charge in [-0.1, -0.05) is 62.4 Å². The Bertz CT molecular complexity index is 1620. The molecule has 7 rings (SSSR count). The number of likely N-dealkylation sites (N-methyl/N-ethyl adjacent to an activating group) is 1. The number of ether oxygens (including phenoxy) is 1. The van der Waals surface area contributed by atoms with Crippen molar-refractivity contribution in [2.75, 3.05) is 25.5 Å². The molecule has 0 saturated carbocycles. The molecular formula is C37H39N3O+2. The van der Waals surface area contributed by atoms with Crippen LogP contribution in [0.25, 0.3) is 16.7 Å². The van der Waals surface area contributed by atoms with Crippen LogP contribution in [0.5, 0.6) is 5.75 Å². The van der Waals surface area contributed by atoms with Crippen LogP contribution in [0.2, 0.25) is 0 Å². The highest BCUT2D eigenvalue weighted by atomic mass is 16.5. The van der Waals surface area contributed by atoms with E-state index in [1.165, 1.54) is 48.9 Å². The normalized spacial score (nSPS) is 20.7. The van der Waals surface area contributed by atoms with E-state index < -0.39 is 0 Å². The molecule has 3 aromatic carbocycles. The van der Waals surface area contributed by atoms with Gasteiger partial charge in [0.1, 0.15) is 18.5 Å². The summed E-state index contributed by atoms with van der Waals surface area (Å²) in [6.45, 7) is 5.01. The van der Waals surface area contributed by atoms with Crippen LogP contribution in [0.4, 0.5) is 11.4 Å². The molecule has 2 unspecified atom stereocenters. The Morgan fingerprint density at radius 2 is 1.49 bits per heavy atom. The molecule has 0 saturated heterocycles. The molecule has 206 valence electrons. The van der Waals surface area contributed by atoms with Crippen LogP contribution in [0.3, 0.4) is 0 Å². The Morgan fingerprint density at radius 3 is 2.20 bits per heavy atom. The molecule has 1 aliphatic carbocycles. The number of hydrogen-bond donors (Lipinski definition) is 2. The molecule has 4 heteroatoms. The van der Waals surface area contributed by atoms with E-state index in [2.05, 4.69) is 135 Å². The van der Waals surface area contributed by atoms with Gasteiger partial charge in [-0.25, -0.2) is 0 Å². The lowest BCUT2D eigenvalue weighted by Gasteiger charge is -2.37. The Balaban J connectivity index is 0.00000148. The number of fused-ring (bicyclic) bond motifs is 1. The molecule has 3 aromatic rings. The van der Waals surface area contributed by atoms with E-state index >= 15 is 0 Å². The predicted molar refractivity (Wildman–Crippen MR) is 170 cm³/mol. The first-order valence-corrected chi connectivity index (χ1v) is 14.8. The van der Waals surface area contributed by atoms with Crippen LogP contribution in [0.1, 0.15) is 32.3 Å². The molecule has 2 N–H and O–H groups in total. The maximum Gasteiger partial charge on any atom is 0.152 e. The molecular weight excluding hydrogens is 502 g/mol. The maximum absolute atomic E-state index is 6.70. The number of rotatable bonds is 4. The molecule has 3 heterocycles. The molecule has 2 atom stereocenters. The maximum atomic E-state index is 6.70. The Kier molecular flexibility index (Phi) is 7.60. The zero-order chi connectivity index (χ0) is 28.3. The van der Waals surface area contributed by atoms with Gasteiger partial charge in [-0.05, 0) is 83.2 Å². The average molecular weight is 542 g/mol. The number of nitrogens with one attached hydrogen (secondary N) is 2. The first kappa shape index (κ1) is 26.8. The molecule has 0 fully saturated rings. The number of nitrogens with zero attached hydrogens (tertiary/aromatic N) is 1. The van der Waals surface area contributed by atoms with Crippen molar-refractivity contribution >= 4 is 16.9 Å². The highest BCUT2D eigenvalue weighted by Gasteiger charge is 2.31. The van der Waals surface area contributed by atoms with Gasteiger partial charge in [0.25, 0.3) is 0 Å². The average Bonchev–Trinajstić information content (AvgIpc) is 3.47. The minimum Gasteiger partial charge on any atom is -0.453 e. The van der Waals surface area contributed by atoms with Gasteiger partial charge >= 0.3 is 0 Å². The molecule has 3 aliphatic heterocycles. The van der Waals surface area contributed by atoms with E-state index in [0.29, 0.717) is 0 Å². The molecule has 0 radical (unpaired) electrons. The summed E-state index contributed by atoms with van der Waals surface area (Å²) in [6, 6.07) is 26.1. The molecule has 41 heavy (non-hydrogen) atoms. The summed E-state index contributed by atoms with van der Waals surface area (Å²) >= 11 is 0. The Hall–Kier alpha value is -4.38. The van der Waals surface area contributed by atoms with Crippen LogP contribution in [0.15, 0.2) is 138 Å². The number of anilines is 2. The third-order valence-corrected chi connectivity index (χ3v) is 7.95. The smallest absolute Gasteiger partial charge is 0.152 e. The summed E-state index contributed by atoms with van der Waals surface area (Å²) in [7, 11) is 4.33. The lowest BCUT2D eigenvalue weighted by Crippen LogP contribution is -3.04. The summed E-state index contributed by atoms with van der Waals surface area (Å²) in [6.07, 6.45) is 17.6. The standard InChI is InChI=1S/C35H31N3O.C2H6/c1-36-19-16-27(17-20-36)28-10-14-32-34(22-28)39-35-23-29(30-18-21-37(2)24-30)11-15-33(35)38(32)31-12-8-26(9-13-31)25-6-4-3-5-7-25;1-2/h3-9,11-13,15-19,21-24H,10,14,20H2,1-2H3;1-2H3/p+2. The van der Waals surface area contributed by atoms with E-state index in [-0.39, 0.29) is 0 Å². The topological polar surface area (TPSA) is 21.4 Å². The zero-order valence-electron chi connectivity index (χ0n) is 24.4. The second-order valence-electron chi connectivity index (χ2n) is 10.7. The van der Waals surface area contributed by atoms with Crippen molar-refractivity contribution < 1.29 is 14.5 Å². The number of hydrogen-bond acceptors (Lipinski definition) is 2. The fraction of sp³-hybridized carbons (Fsp3) is 0.189. The number of benzene rings is 3. The fourth-order valence-electron chi connectivity index (χ4n) is 5.80. The third kappa shape index (κ3) is 5.37. The largest absolute Gasteiger partial charge is 0.453 e. The van der Waals surface area contributed by atoms with Crippen molar-refractivity contribution in [2.45, 2.75) is 26.7 Å². The SMILES string of the molecule is CC.C[NH+]1C=CC(c2ccc3c(c2)OC2=C(CCC(C4=CC[NH+](C)C=C4)=C2)N3c2ccc(-c3ccccc3)cc2)=C1. The first-order valence-electron chi connectivity index (χ1n) is 14.8. The highest BCUT2D eigenvalue weighted by molar-refractivity contribution is 5.82. The summed E-state index contributed by atoms with van der Waals surface area (Å²) in [5.41, 5.74) is 11.0. The molecule has 4 aliphatic rings. The minimum atomic E-state index is 0.895. The van der Waals surface area contributed by atoms with Gasteiger partial charge in [0.2, 0.25) is 0 Å². The van der Waals surface area contributed by atoms with Crippen molar-refractivity contribution in [2.24, 2.45) is 0 Å². The minimum absolute atomic E-state index is 0.895. The molecule has 4 nitrogen and oxygen atoms in total. The second-order valence-corrected chi connectivity index (χ2v) is 10.7. The first-order chi connectivity index (χ1) is 20.1. The molecule has 0 bridgehead atoms. The molecule has 0 amide bonds. The molecule has 0 aromatic heterocycles. The predicted octanol–water partition coefficient (Wildman–Crippen LogP) is 6.19.